The maximum atomic E-state index is 13.4. The molecule has 0 fully saturated rings. The van der Waals surface area contributed by atoms with Gasteiger partial charge in [0.15, 0.2) is 6.29 Å². The van der Waals surface area contributed by atoms with E-state index in [4.69, 9.17) is 10.8 Å². The number of aromatic amines is 2. The zero-order chi connectivity index (χ0) is 46.7. The highest BCUT2D eigenvalue weighted by Gasteiger charge is 2.34. The smallest absolute Gasteiger partial charge is 0.303 e. The van der Waals surface area contributed by atoms with Crippen molar-refractivity contribution in [2.24, 2.45) is 11.7 Å². The fourth-order valence-corrected chi connectivity index (χ4v) is 5.69. The number of amides is 8. The Balaban J connectivity index is 2.03. The Labute approximate surface area is 355 Å². The molecule has 344 valence electrons. The molecule has 8 amide bonds. The van der Waals surface area contributed by atoms with Crippen LogP contribution in [0.15, 0.2) is 25.0 Å². The fourth-order valence-electron chi connectivity index (χ4n) is 5.69. The summed E-state index contributed by atoms with van der Waals surface area (Å²) in [6.45, 7) is 6.67. The highest BCUT2D eigenvalue weighted by Crippen LogP contribution is 2.10. The van der Waals surface area contributed by atoms with E-state index in [9.17, 15) is 58.5 Å². The second kappa shape index (κ2) is 25.3. The molecule has 15 N–H and O–H groups in total. The van der Waals surface area contributed by atoms with Crippen LogP contribution in [0.1, 0.15) is 78.1 Å². The van der Waals surface area contributed by atoms with Gasteiger partial charge in [0.05, 0.1) is 18.8 Å². The summed E-state index contributed by atoms with van der Waals surface area (Å²) in [5.41, 5.74) is 6.38. The molecular formula is C37H58N12O13. The summed E-state index contributed by atoms with van der Waals surface area (Å²) < 4.78 is 0. The van der Waals surface area contributed by atoms with E-state index < -0.39 is 120 Å². The first-order chi connectivity index (χ1) is 29.1. The Morgan fingerprint density at radius 3 is 1.52 bits per heavy atom. The zero-order valence-corrected chi connectivity index (χ0v) is 35.0. The minimum Gasteiger partial charge on any atom is -0.481 e. The summed E-state index contributed by atoms with van der Waals surface area (Å²) in [5.74, 6) is -8.73. The van der Waals surface area contributed by atoms with E-state index in [1.807, 2.05) is 0 Å². The lowest BCUT2D eigenvalue weighted by Gasteiger charge is -2.27. The number of imidazole rings is 2. The Hall–Kier alpha value is -6.47. The van der Waals surface area contributed by atoms with Gasteiger partial charge in [-0.05, 0) is 53.4 Å². The van der Waals surface area contributed by atoms with Gasteiger partial charge in [0, 0.05) is 49.0 Å². The molecule has 0 aromatic carbocycles. The maximum absolute atomic E-state index is 13.4. The van der Waals surface area contributed by atoms with Crippen molar-refractivity contribution in [1.29, 1.82) is 0 Å². The number of nitrogens with two attached hydrogens (primary N) is 1. The van der Waals surface area contributed by atoms with Gasteiger partial charge in [-0.3, -0.25) is 43.2 Å². The number of carboxylic acids is 1. The van der Waals surface area contributed by atoms with E-state index in [2.05, 4.69) is 57.2 Å². The monoisotopic (exact) mass is 878 g/mol. The summed E-state index contributed by atoms with van der Waals surface area (Å²) in [5, 5.41) is 54.8. The summed E-state index contributed by atoms with van der Waals surface area (Å²) >= 11 is 0. The molecule has 0 aliphatic rings. The third-order valence-corrected chi connectivity index (χ3v) is 9.35. The predicted octanol–water partition coefficient (Wildman–Crippen LogP) is -4.78. The maximum Gasteiger partial charge on any atom is 0.303 e. The van der Waals surface area contributed by atoms with Crippen LogP contribution in [0.2, 0.25) is 0 Å². The number of carbonyl (C=O) groups excluding carboxylic acids is 8. The highest BCUT2D eigenvalue weighted by atomic mass is 16.5. The number of aliphatic carboxylic acids is 1. The van der Waals surface area contributed by atoms with Crippen LogP contribution in [0.3, 0.4) is 0 Å². The van der Waals surface area contributed by atoms with E-state index in [-0.39, 0.29) is 32.1 Å². The van der Waals surface area contributed by atoms with Crippen LogP contribution in [0.25, 0.3) is 0 Å². The number of aliphatic hydroxyl groups is 3. The van der Waals surface area contributed by atoms with Gasteiger partial charge in [-0.15, -0.1) is 0 Å². The van der Waals surface area contributed by atoms with Gasteiger partial charge in [-0.1, -0.05) is 6.92 Å². The molecule has 9 atom stereocenters. The van der Waals surface area contributed by atoms with Crippen molar-refractivity contribution in [1.82, 2.24) is 57.2 Å². The van der Waals surface area contributed by atoms with Crippen LogP contribution in [0, 0.1) is 5.92 Å². The summed E-state index contributed by atoms with van der Waals surface area (Å²) in [7, 11) is 0. The summed E-state index contributed by atoms with van der Waals surface area (Å²) in [6, 6.07) is -9.58. The Kier molecular flexibility index (Phi) is 21.1. The Morgan fingerprint density at radius 1 is 0.581 bits per heavy atom. The molecule has 25 heteroatoms. The van der Waals surface area contributed by atoms with Gasteiger partial charge in [-0.25, -0.2) is 9.97 Å². The standard InChI is InChI=1S/C37H58N12O13/c1-17(11-22-13-39-15-41-22)31(56)47-25(7-6-8-27(51)52)35(60)45-19(3)33(58)43-18(2)32(57)44-20(4)34(59)49-29(21(5)50)37(62)48-26(12-23-14-40-16-42-23)36(61)46-24(30(38)55)9-10-28(53)54/h13-21,24-27,29,50-52H,6-12H2,1-5H3,(H2,38,55)(H,39,41)(H,40,42)(H,43,58)(H,44,57)(H,45,60)(H,46,61)(H,47,56)(H,48,62)(H,49,59)(H,53,54)/t17-,18-,19-,20-,21+,24-,25-,26-,29-/m1/s1. The third-order valence-electron chi connectivity index (χ3n) is 9.35. The average molecular weight is 879 g/mol. The number of primary amides is 1. The van der Waals surface area contributed by atoms with Gasteiger partial charge in [0.25, 0.3) is 0 Å². The topological polar surface area (TPSA) is 402 Å². The van der Waals surface area contributed by atoms with Crippen molar-refractivity contribution in [3.63, 3.8) is 0 Å². The summed E-state index contributed by atoms with van der Waals surface area (Å²) in [6.07, 6.45) is 1.74. The lowest BCUT2D eigenvalue weighted by Crippen LogP contribution is -2.61. The molecule has 0 spiro atoms. The zero-order valence-electron chi connectivity index (χ0n) is 35.0. The molecular weight excluding hydrogens is 820 g/mol. The number of H-pyrrole nitrogens is 2. The SMILES string of the molecule is C[C@H](Cc1cnc[nH]1)C(=O)N[C@H](CCCC(O)O)C(=O)N[C@H](C)C(=O)N[C@H](C)C(=O)N[C@H](C)C(=O)N[C@@H](C(=O)N[C@H](Cc1cnc[nH]1)C(=O)N[C@H](CCC(=O)O)C(N)=O)[C@H](C)O. The van der Waals surface area contributed by atoms with Gasteiger partial charge in [-0.2, -0.15) is 0 Å². The second-order valence-corrected chi connectivity index (χ2v) is 14.8. The van der Waals surface area contributed by atoms with Crippen LogP contribution in [0.5, 0.6) is 0 Å². The fraction of sp³-hybridized carbons (Fsp3) is 0.595. The molecule has 0 unspecified atom stereocenters. The van der Waals surface area contributed by atoms with E-state index >= 15 is 0 Å². The van der Waals surface area contributed by atoms with Gasteiger partial charge in [0.1, 0.15) is 42.3 Å². The minimum absolute atomic E-state index is 0.00526. The van der Waals surface area contributed by atoms with Crippen LogP contribution < -0.4 is 43.0 Å². The molecule has 0 saturated carbocycles. The van der Waals surface area contributed by atoms with Crippen LogP contribution in [0.4, 0.5) is 0 Å². The number of aromatic nitrogens is 4. The Bertz CT molecular complexity index is 1820. The largest absolute Gasteiger partial charge is 0.481 e. The van der Waals surface area contributed by atoms with Crippen molar-refractivity contribution in [2.75, 3.05) is 0 Å². The first kappa shape index (κ1) is 51.7. The van der Waals surface area contributed by atoms with Crippen molar-refractivity contribution in [3.05, 3.63) is 36.4 Å². The van der Waals surface area contributed by atoms with Gasteiger partial charge >= 0.3 is 5.97 Å². The molecule has 2 heterocycles. The number of carboxylic acid groups (broad SMARTS) is 1. The van der Waals surface area contributed by atoms with E-state index in [1.54, 1.807) is 13.1 Å². The van der Waals surface area contributed by atoms with Crippen LogP contribution in [-0.2, 0) is 56.0 Å². The first-order valence-corrected chi connectivity index (χ1v) is 19.7. The number of hydrogen-bond acceptors (Lipinski definition) is 14. The summed E-state index contributed by atoms with van der Waals surface area (Å²) in [4.78, 5) is 128. The molecule has 62 heavy (non-hydrogen) atoms. The first-order valence-electron chi connectivity index (χ1n) is 19.7. The van der Waals surface area contributed by atoms with E-state index in [1.165, 1.54) is 46.5 Å². The predicted molar refractivity (Wildman–Crippen MR) is 214 cm³/mol. The number of hydrogen-bond donors (Lipinski definition) is 14. The number of nitrogens with zero attached hydrogens (tertiary/aromatic N) is 2. The minimum atomic E-state index is -1.69. The lowest BCUT2D eigenvalue weighted by atomic mass is 10.0. The molecule has 0 bridgehead atoms. The normalized spacial score (nSPS) is 15.5. The van der Waals surface area contributed by atoms with Crippen molar-refractivity contribution < 1.29 is 63.6 Å². The van der Waals surface area contributed by atoms with Crippen LogP contribution >= 0.6 is 0 Å². The number of carbonyl (C=O) groups is 9. The van der Waals surface area contributed by atoms with Gasteiger partial charge < -0.3 is 73.3 Å². The molecule has 0 aliphatic carbocycles. The molecule has 2 rings (SSSR count). The number of rotatable bonds is 27. The highest BCUT2D eigenvalue weighted by molar-refractivity contribution is 5.97. The Morgan fingerprint density at radius 2 is 1.05 bits per heavy atom. The van der Waals surface area contributed by atoms with E-state index in [0.29, 0.717) is 17.8 Å². The third kappa shape index (κ3) is 18.0. The molecule has 2 aromatic rings. The van der Waals surface area contributed by atoms with Crippen LogP contribution in [-0.4, -0.2) is 148 Å². The quantitative estimate of drug-likeness (QED) is 0.0375. The molecule has 0 aliphatic heterocycles. The van der Waals surface area contributed by atoms with Gasteiger partial charge in [0.2, 0.25) is 47.3 Å². The molecule has 25 nitrogen and oxygen atoms in total. The molecule has 0 saturated heterocycles. The lowest BCUT2D eigenvalue weighted by molar-refractivity contribution is -0.138. The van der Waals surface area contributed by atoms with Crippen molar-refractivity contribution >= 4 is 53.2 Å². The molecule has 2 aromatic heterocycles. The molecule has 0 radical (unpaired) electrons. The van der Waals surface area contributed by atoms with Crippen molar-refractivity contribution in [3.8, 4) is 0 Å². The number of nitrogens with one attached hydrogen (secondary N) is 9. The van der Waals surface area contributed by atoms with Crippen molar-refractivity contribution in [2.45, 2.75) is 134 Å². The average Bonchev–Trinajstić information content (AvgIpc) is 3.91. The van der Waals surface area contributed by atoms with E-state index in [0.717, 1.165) is 0 Å². The second-order valence-electron chi connectivity index (χ2n) is 14.8. The number of aliphatic hydroxyl groups excluding tert-OH is 2.